The first kappa shape index (κ1) is 29.8. The van der Waals surface area contributed by atoms with E-state index >= 15 is 0 Å². The highest BCUT2D eigenvalue weighted by Gasteiger charge is 2.49. The molecule has 5 heteroatoms. The molecule has 1 aliphatic carbocycles. The van der Waals surface area contributed by atoms with Gasteiger partial charge in [-0.05, 0) is 113 Å². The summed E-state index contributed by atoms with van der Waals surface area (Å²) in [7, 11) is 0. The Morgan fingerprint density at radius 2 is 1.39 bits per heavy atom. The van der Waals surface area contributed by atoms with Crippen LogP contribution in [0.2, 0.25) is 0 Å². The Bertz CT molecular complexity index is 2690. The third-order valence-corrected chi connectivity index (χ3v) is 13.5. The number of anilines is 5. The van der Waals surface area contributed by atoms with E-state index in [1.165, 1.54) is 89.7 Å². The first-order valence-corrected chi connectivity index (χ1v) is 19.2. The second-order valence-electron chi connectivity index (χ2n) is 16.5. The van der Waals surface area contributed by atoms with Crippen molar-refractivity contribution in [2.45, 2.75) is 75.0 Å². The van der Waals surface area contributed by atoms with E-state index in [0.29, 0.717) is 0 Å². The molecule has 0 amide bonds. The highest BCUT2D eigenvalue weighted by Crippen LogP contribution is 2.57. The van der Waals surface area contributed by atoms with Crippen LogP contribution >= 0.6 is 11.8 Å². The lowest BCUT2D eigenvalue weighted by Gasteiger charge is -2.48. The SMILES string of the molecule is Cc1cc2c3c(c1)N(c1cc4c(cc1C)C(C)(C)CCC4(C)C)c1c(ccc4c1oc1ccccc14)B3N1c3ccccc3Sc3cccc-2c31. The summed E-state index contributed by atoms with van der Waals surface area (Å²) in [4.78, 5) is 7.84. The lowest BCUT2D eigenvalue weighted by molar-refractivity contribution is 0.332. The second-order valence-corrected chi connectivity index (χ2v) is 17.6. The van der Waals surface area contributed by atoms with Crippen molar-refractivity contribution in [1.82, 2.24) is 0 Å². The Labute approximate surface area is 304 Å². The predicted octanol–water partition coefficient (Wildman–Crippen LogP) is 11.7. The molecule has 0 atom stereocenters. The second kappa shape index (κ2) is 9.92. The van der Waals surface area contributed by atoms with E-state index in [2.05, 4.69) is 154 Å². The first-order chi connectivity index (χ1) is 24.6. The van der Waals surface area contributed by atoms with E-state index in [0.717, 1.165) is 27.6 Å². The Balaban J connectivity index is 1.30. The standard InChI is InChI=1S/C46H39BN2OS/c1-26-22-31-29-13-11-17-40-42(29)49(35-14-8-10-16-39(35)51-40)47-34-19-18-30-28-12-7-9-15-38(28)50-44(30)43(34)48(37(23-26)41(31)47)36-25-33-32(24-27(36)2)45(3,4)20-21-46(33,5)6/h7-19,22-25H,20-21H2,1-6H3. The van der Waals surface area contributed by atoms with Gasteiger partial charge in [0.2, 0.25) is 0 Å². The number of aryl methyl sites for hydroxylation is 2. The van der Waals surface area contributed by atoms with E-state index in [1.54, 1.807) is 0 Å². The fourth-order valence-corrected chi connectivity index (χ4v) is 10.9. The monoisotopic (exact) mass is 678 g/mol. The number of furan rings is 1. The van der Waals surface area contributed by atoms with Crippen molar-refractivity contribution in [1.29, 1.82) is 0 Å². The van der Waals surface area contributed by atoms with Gasteiger partial charge in [0.05, 0.1) is 11.4 Å². The van der Waals surface area contributed by atoms with E-state index in [9.17, 15) is 0 Å². The molecule has 0 saturated carbocycles. The van der Waals surface area contributed by atoms with Gasteiger partial charge in [0.25, 0.3) is 0 Å². The van der Waals surface area contributed by atoms with Crippen molar-refractivity contribution in [3.8, 4) is 11.1 Å². The molecule has 3 aliphatic heterocycles. The lowest BCUT2D eigenvalue weighted by Crippen LogP contribution is -2.62. The van der Waals surface area contributed by atoms with Gasteiger partial charge in [-0.1, -0.05) is 106 Å². The Kier molecular flexibility index (Phi) is 5.80. The summed E-state index contributed by atoms with van der Waals surface area (Å²) in [5.74, 6) is 0. The number of fused-ring (bicyclic) bond motifs is 11. The van der Waals surface area contributed by atoms with Gasteiger partial charge >= 0.3 is 6.85 Å². The minimum atomic E-state index is -0.0246. The molecule has 4 aliphatic rings. The molecule has 0 radical (unpaired) electrons. The van der Waals surface area contributed by atoms with E-state index < -0.39 is 0 Å². The molecule has 51 heavy (non-hydrogen) atoms. The van der Waals surface area contributed by atoms with Crippen LogP contribution in [0, 0.1) is 13.8 Å². The number of benzene rings is 6. The topological polar surface area (TPSA) is 19.6 Å². The molecule has 4 heterocycles. The van der Waals surface area contributed by atoms with Crippen molar-refractivity contribution in [2.75, 3.05) is 9.71 Å². The van der Waals surface area contributed by atoms with Gasteiger partial charge in [-0.3, -0.25) is 0 Å². The van der Waals surface area contributed by atoms with Crippen molar-refractivity contribution in [3.05, 3.63) is 125 Å². The molecule has 1 aromatic heterocycles. The summed E-state index contributed by atoms with van der Waals surface area (Å²) in [5, 5.41) is 2.32. The van der Waals surface area contributed by atoms with Crippen LogP contribution in [-0.2, 0) is 10.8 Å². The van der Waals surface area contributed by atoms with Crippen LogP contribution in [0.4, 0.5) is 28.4 Å². The van der Waals surface area contributed by atoms with E-state index in [1.807, 2.05) is 11.8 Å². The van der Waals surface area contributed by atoms with Crippen molar-refractivity contribution in [3.63, 3.8) is 0 Å². The number of hydrogen-bond acceptors (Lipinski definition) is 4. The fraction of sp³-hybridized carbons (Fsp3) is 0.217. The molecule has 11 rings (SSSR count). The molecular weight excluding hydrogens is 639 g/mol. The zero-order chi connectivity index (χ0) is 34.6. The first-order valence-electron chi connectivity index (χ1n) is 18.3. The van der Waals surface area contributed by atoms with Gasteiger partial charge < -0.3 is 14.1 Å². The summed E-state index contributed by atoms with van der Waals surface area (Å²) in [6.07, 6.45) is 2.37. The fourth-order valence-electron chi connectivity index (χ4n) is 9.78. The summed E-state index contributed by atoms with van der Waals surface area (Å²) in [6.45, 7) is 14.3. The van der Waals surface area contributed by atoms with Crippen molar-refractivity contribution in [2.24, 2.45) is 0 Å². The van der Waals surface area contributed by atoms with Gasteiger partial charge in [-0.15, -0.1) is 0 Å². The molecule has 0 unspecified atom stereocenters. The van der Waals surface area contributed by atoms with Crippen LogP contribution in [0.5, 0.6) is 0 Å². The van der Waals surface area contributed by atoms with Gasteiger partial charge in [0, 0.05) is 43.2 Å². The molecule has 0 N–H and O–H groups in total. The summed E-state index contributed by atoms with van der Waals surface area (Å²) >= 11 is 1.89. The van der Waals surface area contributed by atoms with Crippen LogP contribution in [0.1, 0.15) is 62.8 Å². The van der Waals surface area contributed by atoms with Gasteiger partial charge in [0.1, 0.15) is 5.58 Å². The van der Waals surface area contributed by atoms with Gasteiger partial charge in [-0.25, -0.2) is 0 Å². The number of hydrogen-bond donors (Lipinski definition) is 0. The summed E-state index contributed by atoms with van der Waals surface area (Å²) in [6, 6.07) is 39.0. The maximum Gasteiger partial charge on any atom is 0.333 e. The minimum absolute atomic E-state index is 0.0246. The van der Waals surface area contributed by atoms with Gasteiger partial charge in [0.15, 0.2) is 5.58 Å². The van der Waals surface area contributed by atoms with E-state index in [-0.39, 0.29) is 17.7 Å². The van der Waals surface area contributed by atoms with Crippen LogP contribution < -0.4 is 20.6 Å². The Morgan fingerprint density at radius 3 is 2.24 bits per heavy atom. The summed E-state index contributed by atoms with van der Waals surface area (Å²) in [5.41, 5.74) is 19.1. The molecule has 0 bridgehead atoms. The largest absolute Gasteiger partial charge is 0.454 e. The quantitative estimate of drug-likeness (QED) is 0.161. The molecule has 7 aromatic rings. The predicted molar refractivity (Wildman–Crippen MR) is 216 cm³/mol. The van der Waals surface area contributed by atoms with Gasteiger partial charge in [-0.2, -0.15) is 0 Å². The van der Waals surface area contributed by atoms with Crippen LogP contribution in [0.15, 0.2) is 117 Å². The number of nitrogens with zero attached hydrogens (tertiary/aromatic N) is 2. The number of rotatable bonds is 1. The molecular formula is C46H39BN2OS. The molecule has 6 aromatic carbocycles. The maximum atomic E-state index is 7.00. The lowest BCUT2D eigenvalue weighted by atomic mass is 9.43. The van der Waals surface area contributed by atoms with Crippen molar-refractivity contribution < 1.29 is 4.42 Å². The molecule has 248 valence electrons. The molecule has 0 spiro atoms. The highest BCUT2D eigenvalue weighted by molar-refractivity contribution is 7.99. The molecule has 0 fully saturated rings. The van der Waals surface area contributed by atoms with Crippen LogP contribution in [0.25, 0.3) is 33.1 Å². The number of para-hydroxylation sites is 3. The molecule has 3 nitrogen and oxygen atoms in total. The van der Waals surface area contributed by atoms with Crippen LogP contribution in [0.3, 0.4) is 0 Å². The summed E-state index contributed by atoms with van der Waals surface area (Å²) < 4.78 is 7.00. The molecule has 0 saturated heterocycles. The smallest absolute Gasteiger partial charge is 0.333 e. The third-order valence-electron chi connectivity index (χ3n) is 12.4. The Morgan fingerprint density at radius 1 is 0.647 bits per heavy atom. The van der Waals surface area contributed by atoms with Crippen molar-refractivity contribution >= 4 is 79.9 Å². The van der Waals surface area contributed by atoms with Crippen LogP contribution in [-0.4, -0.2) is 6.85 Å². The highest BCUT2D eigenvalue weighted by atomic mass is 32.2. The normalized spacial score (nSPS) is 17.2. The third kappa shape index (κ3) is 3.88. The minimum Gasteiger partial charge on any atom is -0.454 e. The van der Waals surface area contributed by atoms with E-state index in [4.69, 9.17) is 4.42 Å². The average molecular weight is 679 g/mol. The zero-order valence-electron chi connectivity index (χ0n) is 30.0. The maximum absolute atomic E-state index is 7.00. The zero-order valence-corrected chi connectivity index (χ0v) is 30.8. The Hall–Kier alpha value is -4.87. The average Bonchev–Trinajstić information content (AvgIpc) is 3.50.